The zero-order chi connectivity index (χ0) is 18.0. The second-order valence-corrected chi connectivity index (χ2v) is 10.1. The summed E-state index contributed by atoms with van der Waals surface area (Å²) in [4.78, 5) is 29.4. The molecule has 3 aliphatic rings. The van der Waals surface area contributed by atoms with E-state index >= 15 is 0 Å². The fraction of sp³-hybridized carbons (Fsp3) is 0.600. The highest BCUT2D eigenvalue weighted by Gasteiger charge is 2.54. The number of anilines is 1. The highest BCUT2D eigenvalue weighted by molar-refractivity contribution is 9.10. The Hall–Kier alpha value is -1.20. The predicted molar refractivity (Wildman–Crippen MR) is 101 cm³/mol. The number of halogens is 1. The number of hydrogen-bond donors (Lipinski definition) is 0. The summed E-state index contributed by atoms with van der Waals surface area (Å²) in [5.41, 5.74) is 1.25. The van der Waals surface area contributed by atoms with Gasteiger partial charge in [-0.05, 0) is 54.4 Å². The highest BCUT2D eigenvalue weighted by atomic mass is 79.9. The van der Waals surface area contributed by atoms with Crippen molar-refractivity contribution in [2.75, 3.05) is 11.4 Å². The Labute approximate surface area is 157 Å². The van der Waals surface area contributed by atoms with Gasteiger partial charge in [-0.25, -0.2) is 4.90 Å². The van der Waals surface area contributed by atoms with Crippen molar-refractivity contribution in [3.05, 3.63) is 28.7 Å². The highest BCUT2D eigenvalue weighted by Crippen LogP contribution is 2.53. The number of carbonyl (C=O) groups is 2. The summed E-state index contributed by atoms with van der Waals surface area (Å²) < 4.78 is 0.940. The molecule has 5 heteroatoms. The Balaban J connectivity index is 1.59. The molecular weight excluding hydrogens is 380 g/mol. The number of likely N-dealkylation sites (tertiary alicyclic amines) is 1. The van der Waals surface area contributed by atoms with Crippen LogP contribution >= 0.6 is 15.9 Å². The van der Waals surface area contributed by atoms with Gasteiger partial charge in [0.1, 0.15) is 0 Å². The average Bonchev–Trinajstić information content (AvgIpc) is 2.92. The maximum absolute atomic E-state index is 13.1. The Morgan fingerprint density at radius 1 is 1.08 bits per heavy atom. The van der Waals surface area contributed by atoms with Crippen molar-refractivity contribution in [1.82, 2.24) is 4.90 Å². The van der Waals surface area contributed by atoms with Gasteiger partial charge in [-0.15, -0.1) is 0 Å². The van der Waals surface area contributed by atoms with Gasteiger partial charge in [0, 0.05) is 17.1 Å². The van der Waals surface area contributed by atoms with E-state index in [2.05, 4.69) is 41.6 Å². The Morgan fingerprint density at radius 3 is 2.44 bits per heavy atom. The van der Waals surface area contributed by atoms with Gasteiger partial charge in [0.25, 0.3) is 5.91 Å². The normalized spacial score (nSPS) is 34.8. The lowest BCUT2D eigenvalue weighted by atomic mass is 9.65. The van der Waals surface area contributed by atoms with E-state index in [9.17, 15) is 9.59 Å². The van der Waals surface area contributed by atoms with Crippen LogP contribution in [0.1, 0.15) is 46.5 Å². The molecule has 1 saturated carbocycles. The number of imide groups is 1. The van der Waals surface area contributed by atoms with Crippen molar-refractivity contribution in [3.63, 3.8) is 0 Å². The molecule has 1 aliphatic carbocycles. The van der Waals surface area contributed by atoms with E-state index in [1.165, 1.54) is 11.3 Å². The maximum Gasteiger partial charge on any atom is 0.251 e. The zero-order valence-electron chi connectivity index (χ0n) is 15.1. The largest absolute Gasteiger partial charge is 0.288 e. The van der Waals surface area contributed by atoms with Gasteiger partial charge < -0.3 is 0 Å². The number of fused-ring (bicyclic) bond motifs is 2. The summed E-state index contributed by atoms with van der Waals surface area (Å²) in [6.07, 6.45) is 3.76. The minimum absolute atomic E-state index is 0.0544. The summed E-state index contributed by atoms with van der Waals surface area (Å²) in [7, 11) is 0. The molecule has 2 saturated heterocycles. The molecule has 25 heavy (non-hydrogen) atoms. The van der Waals surface area contributed by atoms with Gasteiger partial charge in [0.2, 0.25) is 5.91 Å². The van der Waals surface area contributed by atoms with Crippen LogP contribution in [0.25, 0.3) is 0 Å². The van der Waals surface area contributed by atoms with Gasteiger partial charge in [-0.2, -0.15) is 0 Å². The fourth-order valence-corrected chi connectivity index (χ4v) is 5.87. The van der Waals surface area contributed by atoms with Crippen LogP contribution in [0.3, 0.4) is 0 Å². The molecule has 134 valence electrons. The maximum atomic E-state index is 13.1. The summed E-state index contributed by atoms with van der Waals surface area (Å²) in [6, 6.07) is 7.52. The van der Waals surface area contributed by atoms with E-state index < -0.39 is 0 Å². The molecule has 0 spiro atoms. The fourth-order valence-electron chi connectivity index (χ4n) is 5.60. The van der Waals surface area contributed by atoms with Crippen molar-refractivity contribution in [2.24, 2.45) is 10.8 Å². The van der Waals surface area contributed by atoms with Crippen molar-refractivity contribution in [3.8, 4) is 0 Å². The van der Waals surface area contributed by atoms with Crippen LogP contribution in [0.4, 0.5) is 5.69 Å². The molecule has 1 aromatic rings. The van der Waals surface area contributed by atoms with Gasteiger partial charge >= 0.3 is 0 Å². The van der Waals surface area contributed by atoms with Crippen molar-refractivity contribution in [1.29, 1.82) is 0 Å². The molecule has 4 rings (SSSR count). The molecule has 2 bridgehead atoms. The number of hydrogen-bond acceptors (Lipinski definition) is 3. The van der Waals surface area contributed by atoms with Gasteiger partial charge in [-0.1, -0.05) is 36.7 Å². The van der Waals surface area contributed by atoms with Crippen LogP contribution in [0.2, 0.25) is 0 Å². The molecule has 3 fully saturated rings. The number of nitrogens with zero attached hydrogens (tertiary/aromatic N) is 2. The quantitative estimate of drug-likeness (QED) is 0.699. The van der Waals surface area contributed by atoms with E-state index in [1.54, 1.807) is 0 Å². The van der Waals surface area contributed by atoms with Crippen molar-refractivity contribution >= 4 is 33.4 Å². The summed E-state index contributed by atoms with van der Waals surface area (Å²) in [6.45, 7) is 7.93. The van der Waals surface area contributed by atoms with Crippen LogP contribution in [-0.2, 0) is 9.59 Å². The summed E-state index contributed by atoms with van der Waals surface area (Å²) >= 11 is 3.40. The molecule has 2 heterocycles. The van der Waals surface area contributed by atoms with E-state index in [4.69, 9.17) is 0 Å². The first-order chi connectivity index (χ1) is 11.7. The van der Waals surface area contributed by atoms with Crippen LogP contribution in [0.15, 0.2) is 28.7 Å². The third-order valence-corrected chi connectivity index (χ3v) is 6.59. The second kappa shape index (κ2) is 5.65. The Kier molecular flexibility index (Phi) is 3.89. The van der Waals surface area contributed by atoms with Crippen molar-refractivity contribution < 1.29 is 9.59 Å². The predicted octanol–water partition coefficient (Wildman–Crippen LogP) is 3.98. The van der Waals surface area contributed by atoms with Gasteiger partial charge in [-0.3, -0.25) is 14.5 Å². The number of benzene rings is 1. The zero-order valence-corrected chi connectivity index (χ0v) is 16.7. The molecule has 4 nitrogen and oxygen atoms in total. The number of rotatable bonds is 2. The summed E-state index contributed by atoms with van der Waals surface area (Å²) in [5.74, 6) is -0.135. The third kappa shape index (κ3) is 2.95. The van der Waals surface area contributed by atoms with Crippen LogP contribution in [0.5, 0.6) is 0 Å². The number of carbonyl (C=O) groups excluding carboxylic acids is 2. The first-order valence-corrected chi connectivity index (χ1v) is 9.85. The first-order valence-electron chi connectivity index (χ1n) is 9.06. The molecule has 0 N–H and O–H groups in total. The summed E-state index contributed by atoms with van der Waals surface area (Å²) in [5, 5.41) is 0. The number of amides is 2. The Morgan fingerprint density at radius 2 is 1.76 bits per heavy atom. The average molecular weight is 405 g/mol. The van der Waals surface area contributed by atoms with Gasteiger partial charge in [0.05, 0.1) is 18.2 Å². The molecule has 3 atom stereocenters. The van der Waals surface area contributed by atoms with Crippen LogP contribution < -0.4 is 4.90 Å². The molecule has 2 aliphatic heterocycles. The lowest BCUT2D eigenvalue weighted by molar-refractivity contribution is -0.123. The first kappa shape index (κ1) is 17.2. The smallest absolute Gasteiger partial charge is 0.251 e. The topological polar surface area (TPSA) is 40.6 Å². The van der Waals surface area contributed by atoms with Crippen LogP contribution in [0, 0.1) is 10.8 Å². The third-order valence-electron chi connectivity index (χ3n) is 6.06. The standard InChI is InChI=1S/C20H25BrN2O2/c1-19(2)9-15-10-20(3,11-19)12-22(15)16-8-17(24)23(18(16)25)14-6-4-13(21)5-7-14/h4-7,15-16H,8-12H2,1-3H3. The minimum Gasteiger partial charge on any atom is -0.288 e. The lowest BCUT2D eigenvalue weighted by Crippen LogP contribution is -2.45. The molecule has 3 unspecified atom stereocenters. The van der Waals surface area contributed by atoms with Crippen molar-refractivity contribution in [2.45, 2.75) is 58.5 Å². The van der Waals surface area contributed by atoms with Gasteiger partial charge in [0.15, 0.2) is 0 Å². The van der Waals surface area contributed by atoms with E-state index in [0.717, 1.165) is 23.9 Å². The lowest BCUT2D eigenvalue weighted by Gasteiger charge is -2.40. The minimum atomic E-state index is -0.295. The Bertz CT molecular complexity index is 730. The molecule has 1 aromatic carbocycles. The monoisotopic (exact) mass is 404 g/mol. The second-order valence-electron chi connectivity index (χ2n) is 9.15. The molecule has 0 aromatic heterocycles. The molecule has 2 amide bonds. The molecule has 0 radical (unpaired) electrons. The van der Waals surface area contributed by atoms with E-state index in [1.807, 2.05) is 24.3 Å². The van der Waals surface area contributed by atoms with E-state index in [-0.39, 0.29) is 23.3 Å². The van der Waals surface area contributed by atoms with E-state index in [0.29, 0.717) is 23.6 Å². The SMILES string of the molecule is CC1(C)CC2CC(C)(CN2C2CC(=O)N(c3ccc(Br)cc3)C2=O)C1. The van der Waals surface area contributed by atoms with Crippen LogP contribution in [-0.4, -0.2) is 35.3 Å². The molecular formula is C20H25BrN2O2.